The molecule has 3 nitrogen and oxygen atoms in total. The Bertz CT molecular complexity index is 927. The highest BCUT2D eigenvalue weighted by Gasteiger charge is 2.12. The predicted molar refractivity (Wildman–Crippen MR) is 94.5 cm³/mol. The number of nitrogens with zero attached hydrogens (tertiary/aromatic N) is 2. The number of thiazole rings is 1. The first-order chi connectivity index (χ1) is 11.1. The number of aromatic nitrogens is 1. The van der Waals surface area contributed by atoms with E-state index in [1.54, 1.807) is 18.3 Å². The van der Waals surface area contributed by atoms with Gasteiger partial charge in [-0.15, -0.1) is 0 Å². The number of aliphatic imine (C=N–C) groups is 1. The minimum atomic E-state index is -0.337. The molecule has 0 aliphatic rings. The molecule has 2 aromatic carbocycles. The molecule has 116 valence electrons. The van der Waals surface area contributed by atoms with E-state index in [1.807, 2.05) is 31.2 Å². The molecule has 0 radical (unpaired) electrons. The summed E-state index contributed by atoms with van der Waals surface area (Å²) >= 11 is 6.55. The minimum absolute atomic E-state index is 0.00365. The predicted octanol–water partition coefficient (Wildman–Crippen LogP) is 5.17. The third kappa shape index (κ3) is 3.23. The lowest BCUT2D eigenvalue weighted by atomic mass is 10.2. The molecule has 0 aliphatic heterocycles. The van der Waals surface area contributed by atoms with Gasteiger partial charge in [0.15, 0.2) is 3.95 Å². The van der Waals surface area contributed by atoms with Crippen LogP contribution in [0.4, 0.5) is 10.1 Å². The molecule has 1 N–H and O–H groups in total. The number of rotatable bonds is 3. The van der Waals surface area contributed by atoms with Crippen LogP contribution in [-0.4, -0.2) is 15.9 Å². The summed E-state index contributed by atoms with van der Waals surface area (Å²) in [5, 5.41) is 10.4. The zero-order valence-corrected chi connectivity index (χ0v) is 13.9. The third-order valence-corrected chi connectivity index (χ3v) is 4.63. The molecule has 23 heavy (non-hydrogen) atoms. The van der Waals surface area contributed by atoms with E-state index in [0.717, 1.165) is 11.3 Å². The van der Waals surface area contributed by atoms with Crippen LogP contribution in [0.5, 0.6) is 5.88 Å². The number of para-hydroxylation sites is 1. The Morgan fingerprint density at radius 1 is 1.17 bits per heavy atom. The maximum absolute atomic E-state index is 13.0. The van der Waals surface area contributed by atoms with Crippen LogP contribution in [0.15, 0.2) is 53.5 Å². The van der Waals surface area contributed by atoms with E-state index in [9.17, 15) is 9.50 Å². The van der Waals surface area contributed by atoms with Crippen LogP contribution in [0.1, 0.15) is 10.4 Å². The van der Waals surface area contributed by atoms with Crippen molar-refractivity contribution in [2.45, 2.75) is 6.92 Å². The summed E-state index contributed by atoms with van der Waals surface area (Å²) in [6.07, 6.45) is 1.60. The van der Waals surface area contributed by atoms with E-state index in [1.165, 1.54) is 28.0 Å². The second-order valence-corrected chi connectivity index (χ2v) is 6.59. The van der Waals surface area contributed by atoms with Crippen LogP contribution in [0.25, 0.3) is 5.69 Å². The van der Waals surface area contributed by atoms with Gasteiger partial charge < -0.3 is 5.11 Å². The molecule has 1 heterocycles. The quantitative estimate of drug-likeness (QED) is 0.525. The summed E-state index contributed by atoms with van der Waals surface area (Å²) in [5.41, 5.74) is 2.49. The Kier molecular flexibility index (Phi) is 4.36. The van der Waals surface area contributed by atoms with E-state index in [4.69, 9.17) is 12.2 Å². The highest BCUT2D eigenvalue weighted by atomic mass is 32.1. The maximum atomic E-state index is 13.0. The zero-order chi connectivity index (χ0) is 16.4. The van der Waals surface area contributed by atoms with Crippen LogP contribution in [0.3, 0.4) is 0 Å². The Hall–Kier alpha value is -2.31. The molecule has 0 amide bonds. The van der Waals surface area contributed by atoms with E-state index in [-0.39, 0.29) is 11.7 Å². The Morgan fingerprint density at radius 3 is 2.57 bits per heavy atom. The van der Waals surface area contributed by atoms with Gasteiger partial charge in [0, 0.05) is 0 Å². The SMILES string of the molecule is Cc1ccccc1N=Cc1sc(=S)n(-c2ccc(F)cc2)c1O. The Labute approximate surface area is 142 Å². The number of hydrogen-bond acceptors (Lipinski definition) is 4. The van der Waals surface area contributed by atoms with Crippen LogP contribution in [0, 0.1) is 16.7 Å². The lowest BCUT2D eigenvalue weighted by Gasteiger charge is -2.04. The summed E-state index contributed by atoms with van der Waals surface area (Å²) in [6.45, 7) is 1.97. The van der Waals surface area contributed by atoms with Crippen molar-refractivity contribution in [3.63, 3.8) is 0 Å². The number of aryl methyl sites for hydroxylation is 1. The normalized spacial score (nSPS) is 11.2. The van der Waals surface area contributed by atoms with Gasteiger partial charge in [-0.25, -0.2) is 4.39 Å². The van der Waals surface area contributed by atoms with E-state index in [2.05, 4.69) is 4.99 Å². The first-order valence-corrected chi connectivity index (χ1v) is 8.09. The van der Waals surface area contributed by atoms with Gasteiger partial charge in [0.05, 0.1) is 17.6 Å². The molecule has 0 fully saturated rings. The van der Waals surface area contributed by atoms with Crippen LogP contribution < -0.4 is 0 Å². The van der Waals surface area contributed by atoms with E-state index >= 15 is 0 Å². The minimum Gasteiger partial charge on any atom is -0.493 e. The highest BCUT2D eigenvalue weighted by Crippen LogP contribution is 2.29. The van der Waals surface area contributed by atoms with Crippen molar-refractivity contribution < 1.29 is 9.50 Å². The maximum Gasteiger partial charge on any atom is 0.216 e. The van der Waals surface area contributed by atoms with Gasteiger partial charge in [0.2, 0.25) is 5.88 Å². The number of aromatic hydroxyl groups is 1. The Balaban J connectivity index is 2.00. The average molecular weight is 344 g/mol. The molecule has 0 atom stereocenters. The van der Waals surface area contributed by atoms with Gasteiger partial charge in [-0.05, 0) is 55.0 Å². The van der Waals surface area contributed by atoms with Gasteiger partial charge in [0.25, 0.3) is 0 Å². The second-order valence-electron chi connectivity index (χ2n) is 4.91. The highest BCUT2D eigenvalue weighted by molar-refractivity contribution is 7.73. The van der Waals surface area contributed by atoms with Crippen molar-refractivity contribution in [1.82, 2.24) is 4.57 Å². The molecular formula is C17H13FN2OS2. The summed E-state index contributed by atoms with van der Waals surface area (Å²) in [4.78, 5) is 4.96. The van der Waals surface area contributed by atoms with Crippen molar-refractivity contribution in [1.29, 1.82) is 0 Å². The first kappa shape index (κ1) is 15.6. The molecule has 6 heteroatoms. The number of halogens is 1. The lowest BCUT2D eigenvalue weighted by molar-refractivity contribution is 0.441. The fourth-order valence-corrected chi connectivity index (χ4v) is 3.34. The molecule has 0 saturated carbocycles. The summed E-state index contributed by atoms with van der Waals surface area (Å²) in [5.74, 6) is -0.333. The molecule has 0 spiro atoms. The van der Waals surface area contributed by atoms with Crippen LogP contribution in [0.2, 0.25) is 0 Å². The summed E-state index contributed by atoms with van der Waals surface area (Å²) in [7, 11) is 0. The van der Waals surface area contributed by atoms with E-state index < -0.39 is 0 Å². The number of benzene rings is 2. The fraction of sp³-hybridized carbons (Fsp3) is 0.0588. The van der Waals surface area contributed by atoms with Crippen molar-refractivity contribution >= 4 is 35.5 Å². The average Bonchev–Trinajstić information content (AvgIpc) is 2.82. The largest absolute Gasteiger partial charge is 0.493 e. The molecule has 0 bridgehead atoms. The fourth-order valence-electron chi connectivity index (χ4n) is 2.12. The van der Waals surface area contributed by atoms with E-state index in [0.29, 0.717) is 14.5 Å². The van der Waals surface area contributed by atoms with Gasteiger partial charge in [-0.1, -0.05) is 29.5 Å². The molecule has 0 aliphatic carbocycles. The molecule has 1 aromatic heterocycles. The molecule has 3 aromatic rings. The van der Waals surface area contributed by atoms with Crippen LogP contribution >= 0.6 is 23.6 Å². The number of hydrogen-bond donors (Lipinski definition) is 1. The van der Waals surface area contributed by atoms with Gasteiger partial charge in [-0.3, -0.25) is 9.56 Å². The molecular weight excluding hydrogens is 331 g/mol. The first-order valence-electron chi connectivity index (χ1n) is 6.86. The summed E-state index contributed by atoms with van der Waals surface area (Å²) in [6, 6.07) is 13.5. The Morgan fingerprint density at radius 2 is 1.87 bits per heavy atom. The zero-order valence-electron chi connectivity index (χ0n) is 12.2. The lowest BCUT2D eigenvalue weighted by Crippen LogP contribution is -1.93. The van der Waals surface area contributed by atoms with Crippen molar-refractivity contribution in [2.24, 2.45) is 4.99 Å². The van der Waals surface area contributed by atoms with Crippen molar-refractivity contribution in [2.75, 3.05) is 0 Å². The topological polar surface area (TPSA) is 37.5 Å². The van der Waals surface area contributed by atoms with Crippen molar-refractivity contribution in [3.8, 4) is 11.6 Å². The van der Waals surface area contributed by atoms with Crippen LogP contribution in [-0.2, 0) is 0 Å². The van der Waals surface area contributed by atoms with Gasteiger partial charge in [0.1, 0.15) is 10.7 Å². The second kappa shape index (κ2) is 6.44. The standard InChI is InChI=1S/C17H13FN2OS2/c1-11-4-2-3-5-14(11)19-10-15-16(21)20(17(22)23-15)13-8-6-12(18)7-9-13/h2-10,21H,1H3. The monoisotopic (exact) mass is 344 g/mol. The smallest absolute Gasteiger partial charge is 0.216 e. The van der Waals surface area contributed by atoms with Gasteiger partial charge in [-0.2, -0.15) is 0 Å². The molecule has 3 rings (SSSR count). The molecule has 0 saturated heterocycles. The molecule has 0 unspecified atom stereocenters. The van der Waals surface area contributed by atoms with Crippen molar-refractivity contribution in [3.05, 3.63) is 68.7 Å². The summed E-state index contributed by atoms with van der Waals surface area (Å²) < 4.78 is 15.0. The van der Waals surface area contributed by atoms with Gasteiger partial charge >= 0.3 is 0 Å². The third-order valence-electron chi connectivity index (χ3n) is 3.33.